The second kappa shape index (κ2) is 14.0. The van der Waals surface area contributed by atoms with E-state index in [2.05, 4.69) is 120 Å². The number of hydrazone groups is 1. The molecule has 7 aromatic rings. The van der Waals surface area contributed by atoms with Crippen LogP contribution in [-0.2, 0) is 6.42 Å². The van der Waals surface area contributed by atoms with Crippen LogP contribution >= 0.6 is 0 Å². The predicted octanol–water partition coefficient (Wildman–Crippen LogP) is 11.2. The third-order valence-electron chi connectivity index (χ3n) is 9.25. The van der Waals surface area contributed by atoms with Gasteiger partial charge in [-0.15, -0.1) is 0 Å². The summed E-state index contributed by atoms with van der Waals surface area (Å²) in [5.41, 5.74) is 16.0. The van der Waals surface area contributed by atoms with Crippen LogP contribution in [0.25, 0.3) is 55.6 Å². The van der Waals surface area contributed by atoms with E-state index in [0.717, 1.165) is 68.0 Å². The molecule has 5 aromatic carbocycles. The molecule has 0 fully saturated rings. The van der Waals surface area contributed by atoms with Gasteiger partial charge in [0, 0.05) is 29.1 Å². The maximum atomic E-state index is 9.35. The molecule has 2 N–H and O–H groups in total. The highest BCUT2D eigenvalue weighted by atomic mass is 15.3. The van der Waals surface area contributed by atoms with E-state index in [4.69, 9.17) is 10.1 Å². The lowest BCUT2D eigenvalue weighted by Crippen LogP contribution is -2.18. The van der Waals surface area contributed by atoms with Gasteiger partial charge < -0.3 is 0 Å². The Morgan fingerprint density at radius 3 is 2.02 bits per heavy atom. The third-order valence-corrected chi connectivity index (χ3v) is 9.25. The molecule has 0 unspecified atom stereocenters. The zero-order valence-electron chi connectivity index (χ0n) is 28.2. The fourth-order valence-electron chi connectivity index (χ4n) is 6.38. The summed E-state index contributed by atoms with van der Waals surface area (Å²) in [6, 6.07) is 49.9. The molecular formula is C46H35N5. The summed E-state index contributed by atoms with van der Waals surface area (Å²) in [6.45, 7) is 2.13. The van der Waals surface area contributed by atoms with E-state index in [1.807, 2.05) is 60.8 Å². The first kappa shape index (κ1) is 31.5. The minimum atomic E-state index is 0.338. The molecule has 0 bridgehead atoms. The van der Waals surface area contributed by atoms with Crippen LogP contribution < -0.4 is 5.43 Å². The van der Waals surface area contributed by atoms with Crippen molar-refractivity contribution in [3.05, 3.63) is 187 Å². The smallest absolute Gasteiger partial charge is 0.109 e. The van der Waals surface area contributed by atoms with E-state index in [-0.39, 0.29) is 0 Å². The number of hydrogen-bond donors (Lipinski definition) is 2. The Labute approximate surface area is 297 Å². The van der Waals surface area contributed by atoms with Crippen LogP contribution in [0.2, 0.25) is 0 Å². The lowest BCUT2D eigenvalue weighted by atomic mass is 9.87. The lowest BCUT2D eigenvalue weighted by Gasteiger charge is -2.19. The number of anilines is 1. The normalized spacial score (nSPS) is 13.6. The van der Waals surface area contributed by atoms with Crippen molar-refractivity contribution in [2.24, 2.45) is 5.10 Å². The molecule has 0 atom stereocenters. The Balaban J connectivity index is 1.14. The maximum Gasteiger partial charge on any atom is 0.109 e. The highest BCUT2D eigenvalue weighted by Gasteiger charge is 2.21. The molecule has 0 radical (unpaired) electrons. The average molecular weight is 658 g/mol. The molecule has 0 aliphatic heterocycles. The van der Waals surface area contributed by atoms with Crippen molar-refractivity contribution < 1.29 is 0 Å². The van der Waals surface area contributed by atoms with E-state index >= 15 is 0 Å². The number of allylic oxidation sites excluding steroid dienone is 4. The number of pyridine rings is 2. The van der Waals surface area contributed by atoms with Gasteiger partial charge in [0.1, 0.15) is 5.71 Å². The van der Waals surface area contributed by atoms with Gasteiger partial charge in [-0.2, -0.15) is 5.10 Å². The van der Waals surface area contributed by atoms with E-state index in [9.17, 15) is 5.41 Å². The predicted molar refractivity (Wildman–Crippen MR) is 213 cm³/mol. The molecule has 1 aliphatic carbocycles. The van der Waals surface area contributed by atoms with Crippen molar-refractivity contribution in [1.29, 1.82) is 5.41 Å². The van der Waals surface area contributed by atoms with Crippen LogP contribution in [-0.4, -0.2) is 21.4 Å². The molecule has 51 heavy (non-hydrogen) atoms. The van der Waals surface area contributed by atoms with Crippen molar-refractivity contribution in [1.82, 2.24) is 9.97 Å². The number of aromatic nitrogens is 2. The van der Waals surface area contributed by atoms with Gasteiger partial charge in [0.05, 0.1) is 22.8 Å². The molecule has 0 amide bonds. The van der Waals surface area contributed by atoms with Crippen molar-refractivity contribution in [2.45, 2.75) is 13.3 Å². The van der Waals surface area contributed by atoms with Crippen LogP contribution in [0.4, 0.5) is 5.69 Å². The van der Waals surface area contributed by atoms with Gasteiger partial charge in [-0.05, 0) is 111 Å². The molecule has 2 heterocycles. The molecule has 5 nitrogen and oxygen atoms in total. The summed E-state index contributed by atoms with van der Waals surface area (Å²) in [7, 11) is 0. The molecule has 2 aromatic heterocycles. The Morgan fingerprint density at radius 2 is 1.27 bits per heavy atom. The second-order valence-corrected chi connectivity index (χ2v) is 12.6. The number of fused-ring (bicyclic) bond motifs is 1. The zero-order valence-corrected chi connectivity index (χ0v) is 28.2. The van der Waals surface area contributed by atoms with Crippen molar-refractivity contribution in [3.63, 3.8) is 0 Å². The first-order chi connectivity index (χ1) is 25.1. The maximum absolute atomic E-state index is 9.35. The second-order valence-electron chi connectivity index (χ2n) is 12.6. The average Bonchev–Trinajstić information content (AvgIpc) is 3.21. The minimum absolute atomic E-state index is 0.338. The Morgan fingerprint density at radius 1 is 0.569 bits per heavy atom. The summed E-state index contributed by atoms with van der Waals surface area (Å²) in [5.74, 6) is 0. The monoisotopic (exact) mass is 657 g/mol. The standard InChI is InChI=1S/C46H35N5/c1-2-31-16-23-44(49-30-31)38-13-7-11-35(26-38)40-28-42(37-12-8-14-39(27-37)43-15-5-6-24-48-43)46(47)45(29-40)51-50-41-21-19-33(20-22-41)36-18-17-32-9-3-4-10-34(32)25-36/h3-30,47,50H,2H2,1H3/b47-46?,51-45-. The number of nitrogens with zero attached hydrogens (tertiary/aromatic N) is 3. The molecule has 1 aliphatic rings. The first-order valence-electron chi connectivity index (χ1n) is 17.1. The highest BCUT2D eigenvalue weighted by molar-refractivity contribution is 6.62. The van der Waals surface area contributed by atoms with Crippen molar-refractivity contribution in [2.75, 3.05) is 5.43 Å². The van der Waals surface area contributed by atoms with Crippen LogP contribution in [0.5, 0.6) is 0 Å². The molecule has 0 saturated heterocycles. The molecule has 8 rings (SSSR count). The number of benzene rings is 5. The van der Waals surface area contributed by atoms with Crippen molar-refractivity contribution >= 4 is 39.0 Å². The van der Waals surface area contributed by atoms with Crippen LogP contribution in [0, 0.1) is 5.41 Å². The van der Waals surface area contributed by atoms with Gasteiger partial charge in [0.2, 0.25) is 0 Å². The van der Waals surface area contributed by atoms with E-state index < -0.39 is 0 Å². The summed E-state index contributed by atoms with van der Waals surface area (Å²) in [4.78, 5) is 9.29. The van der Waals surface area contributed by atoms with E-state index in [1.54, 1.807) is 6.20 Å². The van der Waals surface area contributed by atoms with Crippen LogP contribution in [0.3, 0.4) is 0 Å². The van der Waals surface area contributed by atoms with Gasteiger partial charge >= 0.3 is 0 Å². The van der Waals surface area contributed by atoms with Gasteiger partial charge in [0.15, 0.2) is 0 Å². The molecule has 244 valence electrons. The van der Waals surface area contributed by atoms with Gasteiger partial charge in [-0.25, -0.2) is 0 Å². The fourth-order valence-corrected chi connectivity index (χ4v) is 6.38. The van der Waals surface area contributed by atoms with Gasteiger partial charge in [0.25, 0.3) is 0 Å². The Hall–Kier alpha value is -6.72. The summed E-state index contributed by atoms with van der Waals surface area (Å²) in [5, 5.41) is 16.6. The molecule has 0 saturated carbocycles. The van der Waals surface area contributed by atoms with Gasteiger partial charge in [-0.1, -0.05) is 104 Å². The fraction of sp³-hybridized carbons (Fsp3) is 0.0435. The lowest BCUT2D eigenvalue weighted by molar-refractivity contribution is 1.11. The Bertz CT molecular complexity index is 2470. The number of aryl methyl sites for hydroxylation is 1. The molecule has 5 heteroatoms. The topological polar surface area (TPSA) is 74.0 Å². The van der Waals surface area contributed by atoms with Crippen LogP contribution in [0.1, 0.15) is 23.6 Å². The number of rotatable bonds is 8. The van der Waals surface area contributed by atoms with Gasteiger partial charge in [-0.3, -0.25) is 20.8 Å². The first-order valence-corrected chi connectivity index (χ1v) is 17.1. The largest absolute Gasteiger partial charge is 0.298 e. The highest BCUT2D eigenvalue weighted by Crippen LogP contribution is 2.32. The molecular weight excluding hydrogens is 623 g/mol. The quantitative estimate of drug-likeness (QED) is 0.126. The van der Waals surface area contributed by atoms with E-state index in [0.29, 0.717) is 11.4 Å². The summed E-state index contributed by atoms with van der Waals surface area (Å²) >= 11 is 0. The number of nitrogens with one attached hydrogen (secondary N) is 2. The van der Waals surface area contributed by atoms with Crippen molar-refractivity contribution in [3.8, 4) is 33.6 Å². The SMILES string of the molecule is CCc1ccc(-c2cccc(C3=C/C(=N/Nc4ccc(-c5ccc6ccccc6c5)cc4)C(=N)C(c4cccc(-c5ccccn5)c4)=C3)c2)nc1. The number of hydrogen-bond acceptors (Lipinski definition) is 5. The zero-order chi connectivity index (χ0) is 34.6. The van der Waals surface area contributed by atoms with Crippen LogP contribution in [0.15, 0.2) is 175 Å². The summed E-state index contributed by atoms with van der Waals surface area (Å²) < 4.78 is 0. The molecule has 0 spiro atoms. The summed E-state index contributed by atoms with van der Waals surface area (Å²) in [6.07, 6.45) is 8.77. The Kier molecular flexibility index (Phi) is 8.67. The van der Waals surface area contributed by atoms with E-state index in [1.165, 1.54) is 16.3 Å². The third kappa shape index (κ3) is 6.78. The minimum Gasteiger partial charge on any atom is -0.298 e.